The number of nitrogens with two attached hydrogens (primary N) is 1. The number of nitrogens with zero attached hydrogens (tertiary/aromatic N) is 4. The van der Waals surface area contributed by atoms with E-state index in [2.05, 4.69) is 13.0 Å². The number of alkyl halides is 6. The Morgan fingerprint density at radius 3 is 2.18 bits per heavy atom. The Morgan fingerprint density at radius 1 is 1.03 bits per heavy atom. The Hall–Kier alpha value is -4.92. The molecule has 4 unspecified atom stereocenters. The molecule has 17 nitrogen and oxygen atoms in total. The summed E-state index contributed by atoms with van der Waals surface area (Å²) in [7, 11) is -0.571. The van der Waals surface area contributed by atoms with Crippen LogP contribution in [-0.4, -0.2) is 111 Å². The van der Waals surface area contributed by atoms with Crippen molar-refractivity contribution in [3.05, 3.63) is 115 Å². The molecular weight excluding hydrogens is 1060 g/mol. The largest absolute Gasteiger partial charge is 0.489 e. The number of rotatable bonds is 14. The van der Waals surface area contributed by atoms with Crippen molar-refractivity contribution >= 4 is 88.9 Å². The van der Waals surface area contributed by atoms with Gasteiger partial charge in [0.25, 0.3) is 11.5 Å². The monoisotopic (exact) mass is 1110 g/mol. The number of benzene rings is 3. The Balaban J connectivity index is 0.000000344. The van der Waals surface area contributed by atoms with Crippen LogP contribution in [0.3, 0.4) is 0 Å². The van der Waals surface area contributed by atoms with Gasteiger partial charge in [-0.1, -0.05) is 72.1 Å². The van der Waals surface area contributed by atoms with Gasteiger partial charge in [0, 0.05) is 33.1 Å². The lowest BCUT2D eigenvalue weighted by Gasteiger charge is -2.35. The zero-order valence-electron chi connectivity index (χ0n) is 40.9. The van der Waals surface area contributed by atoms with Crippen molar-refractivity contribution in [3.8, 4) is 11.4 Å². The Bertz CT molecular complexity index is 2680. The predicted octanol–water partition coefficient (Wildman–Crippen LogP) is 8.23. The van der Waals surface area contributed by atoms with Crippen LogP contribution in [0.15, 0.2) is 76.3 Å². The first kappa shape index (κ1) is 63.2. The minimum atomic E-state index is -4.86. The highest BCUT2D eigenvalue weighted by atomic mass is 35.5. The van der Waals surface area contributed by atoms with E-state index in [9.17, 15) is 46.5 Å². The first-order valence-electron chi connectivity index (χ1n) is 21.9. The lowest BCUT2D eigenvalue weighted by atomic mass is 10.0. The second kappa shape index (κ2) is 28.5. The van der Waals surface area contributed by atoms with Crippen molar-refractivity contribution in [1.82, 2.24) is 9.13 Å². The summed E-state index contributed by atoms with van der Waals surface area (Å²) < 4.78 is 65.9. The maximum absolute atomic E-state index is 12.9. The van der Waals surface area contributed by atoms with E-state index in [0.717, 1.165) is 42.0 Å². The summed E-state index contributed by atoms with van der Waals surface area (Å²) >= 11 is 22.9. The van der Waals surface area contributed by atoms with Gasteiger partial charge < -0.3 is 39.7 Å². The van der Waals surface area contributed by atoms with E-state index < -0.39 is 59.4 Å². The van der Waals surface area contributed by atoms with Gasteiger partial charge in [-0.05, 0) is 88.9 Å². The maximum Gasteiger partial charge on any atom is 0.431 e. The minimum absolute atomic E-state index is 0.0104. The number of carboxylic acids is 1. The summed E-state index contributed by atoms with van der Waals surface area (Å²) in [5.41, 5.74) is 5.02. The molecule has 1 aliphatic heterocycles. The van der Waals surface area contributed by atoms with Gasteiger partial charge in [-0.15, -0.1) is 11.6 Å². The van der Waals surface area contributed by atoms with E-state index in [1.54, 1.807) is 30.8 Å². The van der Waals surface area contributed by atoms with Crippen molar-refractivity contribution in [3.63, 3.8) is 0 Å². The number of carbonyl (C=O) groups excluding carboxylic acids is 3. The number of carbonyl (C=O) groups is 4. The number of carboxylic acid groups (broad SMARTS) is 1. The third kappa shape index (κ3) is 18.2. The zero-order chi connectivity index (χ0) is 55.0. The lowest BCUT2D eigenvalue weighted by Crippen LogP contribution is -2.47. The van der Waals surface area contributed by atoms with Crippen molar-refractivity contribution in [1.29, 1.82) is 0 Å². The van der Waals surface area contributed by atoms with Crippen LogP contribution in [-0.2, 0) is 48.1 Å². The molecule has 4 atom stereocenters. The van der Waals surface area contributed by atoms with E-state index in [1.165, 1.54) is 18.8 Å². The summed E-state index contributed by atoms with van der Waals surface area (Å²) in [4.78, 5) is 81.7. The van der Waals surface area contributed by atoms with E-state index >= 15 is 0 Å². The molecule has 1 aliphatic rings. The molecule has 2 amide bonds. The quantitative estimate of drug-likeness (QED) is 0.0615. The number of esters is 1. The van der Waals surface area contributed by atoms with Crippen LogP contribution in [0.25, 0.3) is 5.69 Å². The Morgan fingerprint density at radius 2 is 1.65 bits per heavy atom. The molecule has 0 spiro atoms. The van der Waals surface area contributed by atoms with Gasteiger partial charge in [0.2, 0.25) is 5.91 Å². The highest BCUT2D eigenvalue weighted by molar-refractivity contribution is 7.57. The average molecular weight is 1120 g/mol. The van der Waals surface area contributed by atoms with Gasteiger partial charge in [-0.25, -0.2) is 14.2 Å². The second-order valence-corrected chi connectivity index (χ2v) is 20.8. The molecule has 0 radical (unpaired) electrons. The third-order valence-electron chi connectivity index (χ3n) is 10.2. The van der Waals surface area contributed by atoms with Gasteiger partial charge in [0.15, 0.2) is 12.2 Å². The van der Waals surface area contributed by atoms with Crippen LogP contribution in [0.1, 0.15) is 68.2 Å². The topological polar surface area (TPSA) is 230 Å². The molecule has 2 heterocycles. The number of aromatic nitrogens is 2. The standard InChI is InChI=1S/C16H14ClF3N2O4.C15H22ClNO2.C11H11Cl2NO2.C5H12NO4P/c1-8(2)26-14(24)10-6-9(4-5-11(10)17)22-13(23)7-12(16(18,19)20)21(3)15(22)25;1-5-13-8-6-7-11(2)15(13)17(14(18)9-16)12(3)10-19-4;1-7-6-16-9-5-3-2-4-8(9)14(7)11(15)10(12)13;1-11(9,10)3-2-4(6)5(7)8/h4-8H,1-3H3;6-8,12H,5,9-10H2,1-4H3;2-5,7,10H,6H2,1H3;4H,2-3,6H2,1H3,(H,7,8)(H,9,10). The molecular formula is C47H59Cl4F3N5O12P. The van der Waals surface area contributed by atoms with E-state index in [4.69, 9.17) is 76.3 Å². The second-order valence-electron chi connectivity index (χ2n) is 16.4. The summed E-state index contributed by atoms with van der Waals surface area (Å²) in [5.74, 6) is -1.67. The van der Waals surface area contributed by atoms with Gasteiger partial charge in [0.1, 0.15) is 30.0 Å². The number of aryl methyl sites for hydroxylation is 2. The first-order chi connectivity index (χ1) is 33.4. The Labute approximate surface area is 434 Å². The molecule has 5 rings (SSSR count). The van der Waals surface area contributed by atoms with Crippen LogP contribution in [0.4, 0.5) is 24.5 Å². The smallest absolute Gasteiger partial charge is 0.431 e. The van der Waals surface area contributed by atoms with E-state index in [0.29, 0.717) is 34.2 Å². The molecule has 25 heteroatoms. The molecule has 0 saturated heterocycles. The summed E-state index contributed by atoms with van der Waals surface area (Å²) in [6.45, 7) is 13.3. The molecule has 0 aliphatic carbocycles. The third-order valence-corrected chi connectivity index (χ3v) is 12.2. The number of anilines is 2. The normalized spacial score (nSPS) is 14.6. The summed E-state index contributed by atoms with van der Waals surface area (Å²) in [6, 6.07) is 16.2. The first-order valence-corrected chi connectivity index (χ1v) is 26.0. The zero-order valence-corrected chi connectivity index (χ0v) is 44.8. The molecule has 0 fully saturated rings. The Kier molecular flexibility index (Phi) is 25.0. The lowest BCUT2D eigenvalue weighted by molar-refractivity contribution is -0.144. The minimum Gasteiger partial charge on any atom is -0.489 e. The van der Waals surface area contributed by atoms with Crippen molar-refractivity contribution in [2.45, 2.75) is 89.6 Å². The molecule has 3 aromatic carbocycles. The highest BCUT2D eigenvalue weighted by Gasteiger charge is 2.35. The number of halogens is 7. The van der Waals surface area contributed by atoms with Crippen LogP contribution in [0.2, 0.25) is 5.02 Å². The van der Waals surface area contributed by atoms with Gasteiger partial charge in [-0.2, -0.15) is 13.2 Å². The molecule has 72 heavy (non-hydrogen) atoms. The maximum atomic E-state index is 12.9. The summed E-state index contributed by atoms with van der Waals surface area (Å²) in [6.07, 6.45) is -4.43. The fraction of sp³-hybridized carbons (Fsp3) is 0.447. The average Bonchev–Trinajstić information content (AvgIpc) is 3.30. The van der Waals surface area contributed by atoms with Crippen LogP contribution in [0.5, 0.6) is 5.75 Å². The van der Waals surface area contributed by atoms with Crippen LogP contribution in [0, 0.1) is 6.92 Å². The predicted molar refractivity (Wildman–Crippen MR) is 273 cm³/mol. The molecule has 4 N–H and O–H groups in total. The van der Waals surface area contributed by atoms with Crippen molar-refractivity contribution < 1.29 is 61.1 Å². The molecule has 1 aromatic heterocycles. The number of para-hydroxylation sites is 3. The number of aliphatic carboxylic acids is 1. The molecule has 0 saturated carbocycles. The fourth-order valence-electron chi connectivity index (χ4n) is 6.79. The number of hydrogen-bond donors (Lipinski definition) is 3. The van der Waals surface area contributed by atoms with E-state index in [1.807, 2.05) is 57.2 Å². The fourth-order valence-corrected chi connectivity index (χ4v) is 8.08. The molecule has 0 bridgehead atoms. The summed E-state index contributed by atoms with van der Waals surface area (Å²) in [5, 5.41) is 8.29. The van der Waals surface area contributed by atoms with Gasteiger partial charge >= 0.3 is 23.8 Å². The highest BCUT2D eigenvalue weighted by Crippen LogP contribution is 2.36. The number of amides is 2. The van der Waals surface area contributed by atoms with Crippen LogP contribution < -0.4 is 31.5 Å². The van der Waals surface area contributed by atoms with Gasteiger partial charge in [0.05, 0.1) is 52.4 Å². The van der Waals surface area contributed by atoms with Crippen LogP contribution >= 0.6 is 53.8 Å². The number of methoxy groups -OCH3 is 1. The number of fused-ring (bicyclic) bond motifs is 1. The van der Waals surface area contributed by atoms with E-state index in [-0.39, 0.29) is 58.6 Å². The van der Waals surface area contributed by atoms with Gasteiger partial charge in [-0.3, -0.25) is 28.3 Å². The number of hydrogen-bond acceptors (Lipinski definition) is 11. The number of ether oxygens (including phenoxy) is 3. The molecule has 398 valence electrons. The molecule has 4 aromatic rings. The van der Waals surface area contributed by atoms with Crippen molar-refractivity contribution in [2.24, 2.45) is 12.8 Å². The SMILES string of the molecule is CC(C)OC(=O)c1cc(-n2c(=O)cc(C(F)(F)F)n(C)c2=O)ccc1Cl.CC1COc2ccccc2N1C(=O)C(Cl)Cl.CCc1cccc(C)c1N(C(=O)CCl)C(C)COC.CP(=O)(O)CCC(N)C(=O)O. The van der Waals surface area contributed by atoms with Crippen molar-refractivity contribution in [2.75, 3.05) is 48.8 Å².